The van der Waals surface area contributed by atoms with Gasteiger partial charge in [0.25, 0.3) is 0 Å². The lowest BCUT2D eigenvalue weighted by Gasteiger charge is -2.37. The number of rotatable bonds is 5. The van der Waals surface area contributed by atoms with Gasteiger partial charge in [-0.15, -0.1) is 0 Å². The molecule has 0 saturated carbocycles. The monoisotopic (exact) mass is 277 g/mol. The summed E-state index contributed by atoms with van der Waals surface area (Å²) in [6.45, 7) is 6.63. The molecule has 0 aliphatic heterocycles. The molecule has 0 aliphatic rings. The molecule has 1 aromatic rings. The maximum absolute atomic E-state index is 12.4. The molecule has 1 N–H and O–H groups in total. The van der Waals surface area contributed by atoms with Crippen LogP contribution in [-0.4, -0.2) is 33.5 Å². The summed E-state index contributed by atoms with van der Waals surface area (Å²) in [6, 6.07) is 9.33. The van der Waals surface area contributed by atoms with Crippen molar-refractivity contribution in [1.82, 2.24) is 4.90 Å². The SMILES string of the molecule is CC(=O)N(C(=O)Cc1ccccc1)C(C)(C)CC(C)O. The Labute approximate surface area is 120 Å². The molecule has 4 nitrogen and oxygen atoms in total. The zero-order valence-corrected chi connectivity index (χ0v) is 12.6. The van der Waals surface area contributed by atoms with Crippen LogP contribution in [0, 0.1) is 0 Å². The average molecular weight is 277 g/mol. The third-order valence-electron chi connectivity index (χ3n) is 3.16. The highest BCUT2D eigenvalue weighted by molar-refractivity contribution is 5.96. The number of carbonyl (C=O) groups is 2. The van der Waals surface area contributed by atoms with Gasteiger partial charge in [0.05, 0.1) is 12.5 Å². The van der Waals surface area contributed by atoms with Crippen LogP contribution in [0.3, 0.4) is 0 Å². The van der Waals surface area contributed by atoms with Crippen molar-refractivity contribution >= 4 is 11.8 Å². The fourth-order valence-corrected chi connectivity index (χ4v) is 2.60. The Balaban J connectivity index is 2.91. The van der Waals surface area contributed by atoms with Crippen molar-refractivity contribution in [1.29, 1.82) is 0 Å². The van der Waals surface area contributed by atoms with E-state index in [1.807, 2.05) is 30.3 Å². The number of carbonyl (C=O) groups excluding carboxylic acids is 2. The van der Waals surface area contributed by atoms with Crippen LogP contribution in [0.4, 0.5) is 0 Å². The van der Waals surface area contributed by atoms with Crippen LogP contribution in [0.2, 0.25) is 0 Å². The van der Waals surface area contributed by atoms with Crippen molar-refractivity contribution in [2.45, 2.75) is 52.2 Å². The number of amides is 2. The van der Waals surface area contributed by atoms with E-state index in [2.05, 4.69) is 0 Å². The molecule has 0 heterocycles. The van der Waals surface area contributed by atoms with Gasteiger partial charge in [0.1, 0.15) is 0 Å². The molecule has 0 fully saturated rings. The predicted molar refractivity (Wildman–Crippen MR) is 78.0 cm³/mol. The number of benzene rings is 1. The van der Waals surface area contributed by atoms with Gasteiger partial charge in [0, 0.05) is 12.5 Å². The Kier molecular flexibility index (Phi) is 5.45. The summed E-state index contributed by atoms with van der Waals surface area (Å²) in [4.78, 5) is 25.5. The van der Waals surface area contributed by atoms with Crippen molar-refractivity contribution in [3.05, 3.63) is 35.9 Å². The third-order valence-corrected chi connectivity index (χ3v) is 3.16. The largest absolute Gasteiger partial charge is 0.393 e. The molecule has 4 heteroatoms. The molecule has 110 valence electrons. The lowest BCUT2D eigenvalue weighted by Crippen LogP contribution is -2.52. The predicted octanol–water partition coefficient (Wildman–Crippen LogP) is 2.15. The molecule has 0 saturated heterocycles. The summed E-state index contributed by atoms with van der Waals surface area (Å²) in [5.41, 5.74) is 0.169. The van der Waals surface area contributed by atoms with E-state index in [9.17, 15) is 14.7 Å². The van der Waals surface area contributed by atoms with Gasteiger partial charge in [-0.25, -0.2) is 0 Å². The Morgan fingerprint density at radius 2 is 1.80 bits per heavy atom. The minimum Gasteiger partial charge on any atom is -0.393 e. The van der Waals surface area contributed by atoms with E-state index in [1.54, 1.807) is 20.8 Å². The second kappa shape index (κ2) is 6.66. The molecule has 1 unspecified atom stereocenters. The Morgan fingerprint density at radius 3 is 2.25 bits per heavy atom. The zero-order valence-electron chi connectivity index (χ0n) is 12.6. The molecule has 0 bridgehead atoms. The summed E-state index contributed by atoms with van der Waals surface area (Å²) in [6.07, 6.45) is -0.0343. The topological polar surface area (TPSA) is 57.6 Å². The first-order chi connectivity index (χ1) is 9.24. The fourth-order valence-electron chi connectivity index (χ4n) is 2.60. The number of hydrogen-bond donors (Lipinski definition) is 1. The van der Waals surface area contributed by atoms with Gasteiger partial charge in [-0.3, -0.25) is 14.5 Å². The van der Waals surface area contributed by atoms with Crippen molar-refractivity contribution < 1.29 is 14.7 Å². The molecule has 1 aromatic carbocycles. The normalized spacial score (nSPS) is 12.8. The molecule has 1 atom stereocenters. The molecule has 0 aliphatic carbocycles. The van der Waals surface area contributed by atoms with Gasteiger partial charge in [-0.2, -0.15) is 0 Å². The highest BCUT2D eigenvalue weighted by Crippen LogP contribution is 2.22. The molecule has 20 heavy (non-hydrogen) atoms. The van der Waals surface area contributed by atoms with Crippen LogP contribution < -0.4 is 0 Å². The Hall–Kier alpha value is -1.68. The van der Waals surface area contributed by atoms with E-state index >= 15 is 0 Å². The van der Waals surface area contributed by atoms with E-state index < -0.39 is 11.6 Å². The number of aliphatic hydroxyl groups excluding tert-OH is 1. The van der Waals surface area contributed by atoms with Crippen LogP contribution in [0.5, 0.6) is 0 Å². The summed E-state index contributed by atoms with van der Waals surface area (Å²) in [5.74, 6) is -0.536. The van der Waals surface area contributed by atoms with E-state index in [0.29, 0.717) is 6.42 Å². The highest BCUT2D eigenvalue weighted by Gasteiger charge is 2.34. The molecule has 0 radical (unpaired) electrons. The minimum atomic E-state index is -0.703. The summed E-state index contributed by atoms with van der Waals surface area (Å²) in [5, 5.41) is 9.54. The maximum Gasteiger partial charge on any atom is 0.234 e. The second-order valence-electron chi connectivity index (χ2n) is 5.78. The number of hydrogen-bond acceptors (Lipinski definition) is 3. The Bertz CT molecular complexity index is 466. The second-order valence-corrected chi connectivity index (χ2v) is 5.78. The first-order valence-corrected chi connectivity index (χ1v) is 6.79. The zero-order chi connectivity index (χ0) is 15.3. The molecule has 0 spiro atoms. The molecule has 2 amide bonds. The van der Waals surface area contributed by atoms with E-state index in [4.69, 9.17) is 0 Å². The van der Waals surface area contributed by atoms with Crippen molar-refractivity contribution in [2.24, 2.45) is 0 Å². The van der Waals surface area contributed by atoms with Crippen molar-refractivity contribution in [3.8, 4) is 0 Å². The minimum absolute atomic E-state index is 0.184. The van der Waals surface area contributed by atoms with E-state index in [1.165, 1.54) is 11.8 Å². The first-order valence-electron chi connectivity index (χ1n) is 6.79. The quantitative estimate of drug-likeness (QED) is 0.897. The number of aliphatic hydroxyl groups is 1. The molecular weight excluding hydrogens is 254 g/mol. The average Bonchev–Trinajstić information content (AvgIpc) is 2.26. The summed E-state index contributed by atoms with van der Waals surface area (Å²) < 4.78 is 0. The molecular formula is C16H23NO3. The number of imide groups is 1. The number of nitrogens with zero attached hydrogens (tertiary/aromatic N) is 1. The van der Waals surface area contributed by atoms with Crippen LogP contribution in [-0.2, 0) is 16.0 Å². The lowest BCUT2D eigenvalue weighted by molar-refractivity contribution is -0.150. The van der Waals surface area contributed by atoms with Crippen LogP contribution in [0.25, 0.3) is 0 Å². The highest BCUT2D eigenvalue weighted by atomic mass is 16.3. The standard InChI is InChI=1S/C16H23NO3/c1-12(18)11-16(3,4)17(13(2)19)15(20)10-14-8-6-5-7-9-14/h5-9,12,18H,10-11H2,1-4H3. The van der Waals surface area contributed by atoms with E-state index in [-0.39, 0.29) is 18.2 Å². The first kappa shape index (κ1) is 16.4. The summed E-state index contributed by atoms with van der Waals surface area (Å²) >= 11 is 0. The smallest absolute Gasteiger partial charge is 0.234 e. The van der Waals surface area contributed by atoms with Gasteiger partial charge in [0.15, 0.2) is 0 Å². The maximum atomic E-state index is 12.4. The van der Waals surface area contributed by atoms with Gasteiger partial charge >= 0.3 is 0 Å². The van der Waals surface area contributed by atoms with Gasteiger partial charge in [-0.1, -0.05) is 30.3 Å². The summed E-state index contributed by atoms with van der Waals surface area (Å²) in [7, 11) is 0. The molecule has 1 rings (SSSR count). The van der Waals surface area contributed by atoms with Gasteiger partial charge in [-0.05, 0) is 32.8 Å². The molecule has 0 aromatic heterocycles. The fraction of sp³-hybridized carbons (Fsp3) is 0.500. The van der Waals surface area contributed by atoms with E-state index in [0.717, 1.165) is 5.56 Å². The van der Waals surface area contributed by atoms with Crippen molar-refractivity contribution in [3.63, 3.8) is 0 Å². The van der Waals surface area contributed by atoms with Gasteiger partial charge in [0.2, 0.25) is 11.8 Å². The lowest BCUT2D eigenvalue weighted by atomic mass is 9.94. The Morgan fingerprint density at radius 1 is 1.25 bits per heavy atom. The van der Waals surface area contributed by atoms with Crippen LogP contribution in [0.15, 0.2) is 30.3 Å². The van der Waals surface area contributed by atoms with Crippen LogP contribution in [0.1, 0.15) is 39.7 Å². The third kappa shape index (κ3) is 4.46. The van der Waals surface area contributed by atoms with Gasteiger partial charge < -0.3 is 5.11 Å². The van der Waals surface area contributed by atoms with Crippen LogP contribution >= 0.6 is 0 Å². The van der Waals surface area contributed by atoms with Crippen molar-refractivity contribution in [2.75, 3.05) is 0 Å².